The molecule has 0 radical (unpaired) electrons. The molecule has 112 valence electrons. The molecule has 0 saturated heterocycles. The van der Waals surface area contributed by atoms with Gasteiger partial charge in [0.05, 0.1) is 18.9 Å². The average molecular weight is 369 g/mol. The number of thiophene rings is 1. The van der Waals surface area contributed by atoms with E-state index in [1.807, 2.05) is 11.4 Å². The minimum Gasteiger partial charge on any atom is -0.369 e. The second-order valence-electron chi connectivity index (χ2n) is 4.61. The number of aromatic nitrogens is 2. The van der Waals surface area contributed by atoms with Gasteiger partial charge in [-0.1, -0.05) is 6.92 Å². The van der Waals surface area contributed by atoms with Crippen molar-refractivity contribution in [1.29, 1.82) is 0 Å². The third-order valence-electron chi connectivity index (χ3n) is 2.79. The zero-order valence-electron chi connectivity index (χ0n) is 12.0. The van der Waals surface area contributed by atoms with Crippen LogP contribution in [0.2, 0.25) is 0 Å². The molecule has 0 aliphatic heterocycles. The largest absolute Gasteiger partial charge is 0.369 e. The maximum atomic E-state index is 12.3. The lowest BCUT2D eigenvalue weighted by atomic mass is 10.3. The monoisotopic (exact) mass is 368 g/mol. The molecule has 0 atom stereocenters. The summed E-state index contributed by atoms with van der Waals surface area (Å²) in [7, 11) is 1.76. The highest BCUT2D eigenvalue weighted by atomic mass is 79.9. The number of amides is 1. The van der Waals surface area contributed by atoms with Gasteiger partial charge in [-0.3, -0.25) is 4.79 Å². The summed E-state index contributed by atoms with van der Waals surface area (Å²) < 4.78 is 1.04. The van der Waals surface area contributed by atoms with Crippen molar-refractivity contribution in [3.63, 3.8) is 0 Å². The van der Waals surface area contributed by atoms with Crippen molar-refractivity contribution in [1.82, 2.24) is 14.9 Å². The van der Waals surface area contributed by atoms with Crippen LogP contribution in [0.5, 0.6) is 0 Å². The molecule has 5 nitrogen and oxygen atoms in total. The first kappa shape index (κ1) is 15.9. The molecule has 2 aromatic heterocycles. The van der Waals surface area contributed by atoms with Crippen LogP contribution in [0, 0.1) is 0 Å². The van der Waals surface area contributed by atoms with E-state index in [0.717, 1.165) is 22.3 Å². The second-order valence-corrected chi connectivity index (χ2v) is 6.52. The Hall–Kier alpha value is -1.47. The van der Waals surface area contributed by atoms with E-state index in [9.17, 15) is 4.79 Å². The molecule has 7 heteroatoms. The highest BCUT2D eigenvalue weighted by Crippen LogP contribution is 2.21. The first-order valence-electron chi connectivity index (χ1n) is 6.64. The molecular weight excluding hydrogens is 352 g/mol. The minimum atomic E-state index is -0.130. The fourth-order valence-electron chi connectivity index (χ4n) is 1.72. The van der Waals surface area contributed by atoms with E-state index in [1.54, 1.807) is 29.5 Å². The molecule has 0 aromatic carbocycles. The fraction of sp³-hybridized carbons (Fsp3) is 0.357. The van der Waals surface area contributed by atoms with Crippen LogP contribution in [-0.2, 0) is 6.54 Å². The maximum Gasteiger partial charge on any atom is 0.274 e. The van der Waals surface area contributed by atoms with Gasteiger partial charge in [0.2, 0.25) is 0 Å². The molecule has 0 fully saturated rings. The van der Waals surface area contributed by atoms with Crippen molar-refractivity contribution in [2.45, 2.75) is 19.9 Å². The third-order valence-corrected chi connectivity index (χ3v) is 4.47. The average Bonchev–Trinajstić information content (AvgIpc) is 2.90. The lowest BCUT2D eigenvalue weighted by molar-refractivity contribution is 0.0780. The first-order valence-corrected chi connectivity index (χ1v) is 8.31. The van der Waals surface area contributed by atoms with Crippen LogP contribution in [0.3, 0.4) is 0 Å². The summed E-state index contributed by atoms with van der Waals surface area (Å²) in [5.74, 6) is 0.562. The Labute approximate surface area is 136 Å². The Balaban J connectivity index is 1.98. The zero-order chi connectivity index (χ0) is 15.2. The summed E-state index contributed by atoms with van der Waals surface area (Å²) in [4.78, 5) is 23.4. The quantitative estimate of drug-likeness (QED) is 0.848. The van der Waals surface area contributed by atoms with E-state index in [4.69, 9.17) is 0 Å². The molecule has 1 N–H and O–H groups in total. The maximum absolute atomic E-state index is 12.3. The number of carbonyl (C=O) groups is 1. The molecule has 0 aliphatic rings. The smallest absolute Gasteiger partial charge is 0.274 e. The van der Waals surface area contributed by atoms with Gasteiger partial charge in [-0.25, -0.2) is 9.97 Å². The molecule has 0 saturated carbocycles. The van der Waals surface area contributed by atoms with Crippen LogP contribution in [-0.4, -0.2) is 34.4 Å². The van der Waals surface area contributed by atoms with E-state index in [1.165, 1.54) is 6.20 Å². The van der Waals surface area contributed by atoms with Gasteiger partial charge in [0.25, 0.3) is 5.91 Å². The molecule has 2 heterocycles. The summed E-state index contributed by atoms with van der Waals surface area (Å²) in [5, 5.41) is 5.13. The fourth-order valence-corrected chi connectivity index (χ4v) is 3.22. The van der Waals surface area contributed by atoms with E-state index < -0.39 is 0 Å². The molecule has 0 unspecified atom stereocenters. The van der Waals surface area contributed by atoms with Crippen LogP contribution in [0.1, 0.15) is 28.7 Å². The predicted molar refractivity (Wildman–Crippen MR) is 88.6 cm³/mol. The molecule has 2 aromatic rings. The van der Waals surface area contributed by atoms with Gasteiger partial charge in [-0.15, -0.1) is 11.3 Å². The summed E-state index contributed by atoms with van der Waals surface area (Å²) in [5.41, 5.74) is 0.357. The molecule has 21 heavy (non-hydrogen) atoms. The van der Waals surface area contributed by atoms with Crippen LogP contribution in [0.15, 0.2) is 28.3 Å². The number of hydrogen-bond donors (Lipinski definition) is 1. The van der Waals surface area contributed by atoms with Crippen LogP contribution in [0.25, 0.3) is 0 Å². The van der Waals surface area contributed by atoms with Crippen LogP contribution < -0.4 is 5.32 Å². The summed E-state index contributed by atoms with van der Waals surface area (Å²) in [6.07, 6.45) is 4.13. The van der Waals surface area contributed by atoms with Crippen molar-refractivity contribution in [2.24, 2.45) is 0 Å². The van der Waals surface area contributed by atoms with Gasteiger partial charge in [-0.2, -0.15) is 0 Å². The Morgan fingerprint density at radius 2 is 2.24 bits per heavy atom. The van der Waals surface area contributed by atoms with E-state index >= 15 is 0 Å². The Morgan fingerprint density at radius 1 is 1.43 bits per heavy atom. The SMILES string of the molecule is CCCNc1cnc(C(=O)N(C)Cc2cc(Br)cs2)cn1. The molecule has 0 spiro atoms. The van der Waals surface area contributed by atoms with Crippen molar-refractivity contribution >= 4 is 39.0 Å². The number of rotatable bonds is 6. The minimum absolute atomic E-state index is 0.130. The van der Waals surface area contributed by atoms with E-state index in [2.05, 4.69) is 38.1 Å². The highest BCUT2D eigenvalue weighted by molar-refractivity contribution is 9.10. The highest BCUT2D eigenvalue weighted by Gasteiger charge is 2.14. The van der Waals surface area contributed by atoms with Crippen LogP contribution in [0.4, 0.5) is 5.82 Å². The predicted octanol–water partition coefficient (Wildman–Crippen LogP) is 3.39. The molecular formula is C14H17BrN4OS. The topological polar surface area (TPSA) is 58.1 Å². The van der Waals surface area contributed by atoms with Crippen molar-refractivity contribution in [3.8, 4) is 0 Å². The lowest BCUT2D eigenvalue weighted by Crippen LogP contribution is -2.26. The summed E-state index contributed by atoms with van der Waals surface area (Å²) in [6, 6.07) is 2.01. The third kappa shape index (κ3) is 4.50. The second kappa shape index (κ2) is 7.51. The van der Waals surface area contributed by atoms with Gasteiger partial charge in [-0.05, 0) is 28.4 Å². The summed E-state index contributed by atoms with van der Waals surface area (Å²) in [6.45, 7) is 3.48. The first-order chi connectivity index (χ1) is 10.1. The molecule has 0 bridgehead atoms. The number of halogens is 1. The number of nitrogens with zero attached hydrogens (tertiary/aromatic N) is 3. The van der Waals surface area contributed by atoms with Gasteiger partial charge in [0.15, 0.2) is 0 Å². The summed E-state index contributed by atoms with van der Waals surface area (Å²) >= 11 is 5.03. The lowest BCUT2D eigenvalue weighted by Gasteiger charge is -2.15. The van der Waals surface area contributed by atoms with Crippen molar-refractivity contribution in [2.75, 3.05) is 18.9 Å². The van der Waals surface area contributed by atoms with Gasteiger partial charge in [0.1, 0.15) is 11.5 Å². The molecule has 2 rings (SSSR count). The van der Waals surface area contributed by atoms with E-state index in [-0.39, 0.29) is 5.91 Å². The van der Waals surface area contributed by atoms with Crippen LogP contribution >= 0.6 is 27.3 Å². The number of nitrogens with one attached hydrogen (secondary N) is 1. The molecule has 0 aliphatic carbocycles. The number of hydrogen-bond acceptors (Lipinski definition) is 5. The van der Waals surface area contributed by atoms with Crippen molar-refractivity contribution < 1.29 is 4.79 Å². The molecule has 1 amide bonds. The van der Waals surface area contributed by atoms with Gasteiger partial charge < -0.3 is 10.2 Å². The number of anilines is 1. The number of carbonyl (C=O) groups excluding carboxylic acids is 1. The Kier molecular flexibility index (Phi) is 5.69. The standard InChI is InChI=1S/C14H17BrN4OS/c1-3-4-16-13-7-17-12(6-18-13)14(20)19(2)8-11-5-10(15)9-21-11/h5-7,9H,3-4,8H2,1-2H3,(H,16,18). The van der Waals surface area contributed by atoms with Gasteiger partial charge in [0, 0.05) is 28.3 Å². The Bertz CT molecular complexity index is 599. The normalized spacial score (nSPS) is 10.4. The van der Waals surface area contributed by atoms with Crippen molar-refractivity contribution in [3.05, 3.63) is 38.9 Å². The van der Waals surface area contributed by atoms with E-state index in [0.29, 0.717) is 18.1 Å². The zero-order valence-corrected chi connectivity index (χ0v) is 14.4. The van der Waals surface area contributed by atoms with Gasteiger partial charge >= 0.3 is 0 Å². The Morgan fingerprint density at radius 3 is 2.81 bits per heavy atom.